The Labute approximate surface area is 194 Å². The lowest BCUT2D eigenvalue weighted by molar-refractivity contribution is 0.0907. The molecule has 168 valence electrons. The molecule has 6 heteroatoms. The van der Waals surface area contributed by atoms with Gasteiger partial charge in [-0.25, -0.2) is 4.79 Å². The van der Waals surface area contributed by atoms with E-state index in [9.17, 15) is 4.79 Å². The van der Waals surface area contributed by atoms with Crippen molar-refractivity contribution in [3.63, 3.8) is 0 Å². The van der Waals surface area contributed by atoms with Crippen LogP contribution in [0, 0.1) is 5.92 Å². The number of anilines is 1. The predicted octanol–water partition coefficient (Wildman–Crippen LogP) is 5.73. The van der Waals surface area contributed by atoms with E-state index >= 15 is 0 Å². The van der Waals surface area contributed by atoms with Gasteiger partial charge in [0.15, 0.2) is 0 Å². The van der Waals surface area contributed by atoms with Gasteiger partial charge >= 0.3 is 6.03 Å². The number of amidine groups is 1. The van der Waals surface area contributed by atoms with E-state index in [1.54, 1.807) is 0 Å². The van der Waals surface area contributed by atoms with Crippen LogP contribution in [0.4, 0.5) is 10.5 Å². The Hall–Kier alpha value is -1.40. The summed E-state index contributed by atoms with van der Waals surface area (Å²) >= 11 is 3.60. The molecule has 5 nitrogen and oxygen atoms in total. The summed E-state index contributed by atoms with van der Waals surface area (Å²) in [5, 5.41) is 3.23. The Morgan fingerprint density at radius 3 is 2.65 bits per heavy atom. The molecule has 0 radical (unpaired) electrons. The number of halogens is 1. The summed E-state index contributed by atoms with van der Waals surface area (Å²) in [5.41, 5.74) is 0.602. The predicted molar refractivity (Wildman–Crippen MR) is 130 cm³/mol. The maximum Gasteiger partial charge on any atom is 0.328 e. The first-order chi connectivity index (χ1) is 15.0. The topological polar surface area (TPSA) is 47.9 Å². The maximum absolute atomic E-state index is 13.3. The summed E-state index contributed by atoms with van der Waals surface area (Å²) in [5.74, 6) is 1.80. The van der Waals surface area contributed by atoms with Gasteiger partial charge in [0.1, 0.15) is 11.4 Å². The molecule has 1 aromatic rings. The fourth-order valence-corrected chi connectivity index (χ4v) is 6.45. The molecule has 2 unspecified atom stereocenters. The minimum atomic E-state index is -0.356. The third-order valence-electron chi connectivity index (χ3n) is 8.04. The summed E-state index contributed by atoms with van der Waals surface area (Å²) < 4.78 is 1.00. The molecule has 0 aromatic heterocycles. The highest BCUT2D eigenvalue weighted by Crippen LogP contribution is 2.42. The lowest BCUT2D eigenvalue weighted by Gasteiger charge is -2.48. The number of carbonyl (C=O) groups excluding carboxylic acids is 1. The van der Waals surface area contributed by atoms with Gasteiger partial charge in [-0.1, -0.05) is 47.7 Å². The molecule has 2 saturated heterocycles. The second-order valence-electron chi connectivity index (χ2n) is 10.1. The number of hydrogen-bond acceptors (Lipinski definition) is 3. The van der Waals surface area contributed by atoms with Crippen LogP contribution in [0.15, 0.2) is 33.7 Å². The number of rotatable bonds is 4. The molecule has 31 heavy (non-hydrogen) atoms. The van der Waals surface area contributed by atoms with Crippen molar-refractivity contribution in [1.29, 1.82) is 0 Å². The zero-order chi connectivity index (χ0) is 21.4. The number of likely N-dealkylation sites (tertiary alicyclic amines) is 1. The number of hydrogen-bond donors (Lipinski definition) is 1. The smallest absolute Gasteiger partial charge is 0.300 e. The van der Waals surface area contributed by atoms with Gasteiger partial charge in [-0.15, -0.1) is 0 Å². The van der Waals surface area contributed by atoms with E-state index in [1.807, 2.05) is 17.0 Å². The number of nitrogens with one attached hydrogen (secondary N) is 1. The number of urea groups is 1. The van der Waals surface area contributed by atoms with E-state index in [1.165, 1.54) is 45.1 Å². The minimum Gasteiger partial charge on any atom is -0.300 e. The molecule has 4 fully saturated rings. The third kappa shape index (κ3) is 4.18. The summed E-state index contributed by atoms with van der Waals surface area (Å²) in [7, 11) is 0. The maximum atomic E-state index is 13.3. The van der Waals surface area contributed by atoms with Gasteiger partial charge in [0.25, 0.3) is 0 Å². The summed E-state index contributed by atoms with van der Waals surface area (Å²) in [6, 6.07) is 8.93. The second kappa shape index (κ2) is 8.86. The third-order valence-corrected chi connectivity index (χ3v) is 8.53. The second-order valence-corrected chi connectivity index (χ2v) is 11.1. The quantitative estimate of drug-likeness (QED) is 0.590. The molecular formula is C25H35BrN4O. The van der Waals surface area contributed by atoms with Crippen molar-refractivity contribution in [3.05, 3.63) is 28.7 Å². The van der Waals surface area contributed by atoms with Gasteiger partial charge in [0, 0.05) is 29.3 Å². The summed E-state index contributed by atoms with van der Waals surface area (Å²) in [6.45, 7) is 4.59. The first-order valence-corrected chi connectivity index (χ1v) is 13.0. The van der Waals surface area contributed by atoms with Crippen molar-refractivity contribution in [3.8, 4) is 0 Å². The average Bonchev–Trinajstić information content (AvgIpc) is 2.97. The van der Waals surface area contributed by atoms with Crippen molar-refractivity contribution in [2.24, 2.45) is 10.9 Å². The summed E-state index contributed by atoms with van der Waals surface area (Å²) in [6.07, 6.45) is 12.2. The number of aliphatic imine (C=N–C) groups is 1. The van der Waals surface area contributed by atoms with Crippen LogP contribution < -0.4 is 10.2 Å². The Kier molecular flexibility index (Phi) is 6.13. The SMILES string of the molecule is CC1CC2(CCN1CC1CCC1)C(=NC1CCCCC1)NC(=O)N2c1cccc(Br)c1. The van der Waals surface area contributed by atoms with Crippen molar-refractivity contribution < 1.29 is 4.79 Å². The molecule has 1 N–H and O–H groups in total. The van der Waals surface area contributed by atoms with Gasteiger partial charge in [0.05, 0.1) is 6.04 Å². The van der Waals surface area contributed by atoms with E-state index in [0.29, 0.717) is 12.1 Å². The number of carbonyl (C=O) groups is 1. The van der Waals surface area contributed by atoms with Crippen molar-refractivity contribution >= 4 is 33.5 Å². The van der Waals surface area contributed by atoms with Gasteiger partial charge < -0.3 is 4.90 Å². The molecule has 2 heterocycles. The van der Waals surface area contributed by atoms with Crippen molar-refractivity contribution in [2.75, 3.05) is 18.0 Å². The molecule has 2 amide bonds. The van der Waals surface area contributed by atoms with Crippen LogP contribution in [0.25, 0.3) is 0 Å². The van der Waals surface area contributed by atoms with Crippen LogP contribution in [0.5, 0.6) is 0 Å². The number of piperidine rings is 1. The highest BCUT2D eigenvalue weighted by Gasteiger charge is 2.54. The minimum absolute atomic E-state index is 0.0210. The van der Waals surface area contributed by atoms with Crippen LogP contribution in [0.3, 0.4) is 0 Å². The van der Waals surface area contributed by atoms with Gasteiger partial charge in [0.2, 0.25) is 0 Å². The first kappa shape index (κ1) is 21.4. The van der Waals surface area contributed by atoms with Gasteiger partial charge in [-0.2, -0.15) is 0 Å². The number of benzene rings is 1. The van der Waals surface area contributed by atoms with E-state index in [4.69, 9.17) is 4.99 Å². The molecule has 1 aromatic carbocycles. The molecule has 2 atom stereocenters. The van der Waals surface area contributed by atoms with E-state index in [-0.39, 0.29) is 11.6 Å². The largest absolute Gasteiger partial charge is 0.328 e. The van der Waals surface area contributed by atoms with Crippen LogP contribution in [0.2, 0.25) is 0 Å². The highest BCUT2D eigenvalue weighted by atomic mass is 79.9. The van der Waals surface area contributed by atoms with Crippen molar-refractivity contribution in [2.45, 2.75) is 88.8 Å². The lowest BCUT2D eigenvalue weighted by atomic mass is 9.79. The zero-order valence-electron chi connectivity index (χ0n) is 18.7. The van der Waals surface area contributed by atoms with Gasteiger partial charge in [-0.3, -0.25) is 15.2 Å². The molecular weight excluding hydrogens is 452 g/mol. The van der Waals surface area contributed by atoms with Crippen LogP contribution in [-0.4, -0.2) is 47.5 Å². The lowest BCUT2D eigenvalue weighted by Crippen LogP contribution is -2.60. The van der Waals surface area contributed by atoms with E-state index in [2.05, 4.69) is 45.2 Å². The highest BCUT2D eigenvalue weighted by molar-refractivity contribution is 9.10. The molecule has 2 aliphatic carbocycles. The molecule has 5 rings (SSSR count). The molecule has 2 aliphatic heterocycles. The molecule has 0 bridgehead atoms. The molecule has 2 saturated carbocycles. The Morgan fingerprint density at radius 2 is 1.97 bits per heavy atom. The standard InChI is InChI=1S/C25H35BrN4O/c1-18-16-25(13-14-29(18)17-19-7-5-8-19)23(27-21-10-3-2-4-11-21)28-24(31)30(25)22-12-6-9-20(26)15-22/h6,9,12,15,18-19,21H,2-5,7-8,10-11,13-14,16-17H2,1H3,(H,27,28,31). The van der Waals surface area contributed by atoms with Crippen LogP contribution in [0.1, 0.15) is 71.1 Å². The van der Waals surface area contributed by atoms with Crippen LogP contribution in [-0.2, 0) is 0 Å². The monoisotopic (exact) mass is 486 g/mol. The zero-order valence-corrected chi connectivity index (χ0v) is 20.2. The Balaban J connectivity index is 1.47. The van der Waals surface area contributed by atoms with E-state index < -0.39 is 0 Å². The van der Waals surface area contributed by atoms with Gasteiger partial charge in [-0.05, 0) is 69.6 Å². The fraction of sp³-hybridized carbons (Fsp3) is 0.680. The van der Waals surface area contributed by atoms with Crippen LogP contribution >= 0.6 is 15.9 Å². The first-order valence-electron chi connectivity index (χ1n) is 12.2. The molecule has 4 aliphatic rings. The summed E-state index contributed by atoms with van der Waals surface area (Å²) in [4.78, 5) is 23.2. The Morgan fingerprint density at radius 1 is 1.16 bits per heavy atom. The molecule has 1 spiro atoms. The number of nitrogens with zero attached hydrogens (tertiary/aromatic N) is 3. The fourth-order valence-electron chi connectivity index (χ4n) is 6.06. The number of amides is 2. The van der Waals surface area contributed by atoms with Crippen molar-refractivity contribution in [1.82, 2.24) is 10.2 Å². The Bertz CT molecular complexity index is 848. The average molecular weight is 487 g/mol. The normalized spacial score (nSPS) is 31.9. The van der Waals surface area contributed by atoms with E-state index in [0.717, 1.165) is 54.1 Å².